The zero-order valence-electron chi connectivity index (χ0n) is 15.8. The van der Waals surface area contributed by atoms with Crippen LogP contribution in [0.3, 0.4) is 0 Å². The molecule has 7 heteroatoms. The van der Waals surface area contributed by atoms with Crippen LogP contribution in [-0.4, -0.2) is 42.6 Å². The summed E-state index contributed by atoms with van der Waals surface area (Å²) < 4.78 is 18.0. The molecule has 2 aromatic carbocycles. The van der Waals surface area contributed by atoms with Crippen molar-refractivity contribution in [3.05, 3.63) is 59.9 Å². The minimum absolute atomic E-state index is 0.248. The Morgan fingerprint density at radius 3 is 2.25 bits per heavy atom. The standard InChI is InChI=1S/C21H24FN3O3/c1-2-28-21(27)25-13-11-19(12-14-25)23-17-7-9-18(10-8-17)24-20(26)15-3-5-16(22)6-4-15/h3-10,19,23H,2,11-14H2,1H3,(H,24,26). The fourth-order valence-corrected chi connectivity index (χ4v) is 3.11. The number of ether oxygens (including phenoxy) is 1. The lowest BCUT2D eigenvalue weighted by Gasteiger charge is -2.32. The number of anilines is 2. The van der Waals surface area contributed by atoms with E-state index in [0.29, 0.717) is 30.9 Å². The van der Waals surface area contributed by atoms with E-state index >= 15 is 0 Å². The van der Waals surface area contributed by atoms with E-state index in [1.54, 1.807) is 11.8 Å². The van der Waals surface area contributed by atoms with Crippen molar-refractivity contribution >= 4 is 23.4 Å². The highest BCUT2D eigenvalue weighted by Crippen LogP contribution is 2.20. The van der Waals surface area contributed by atoms with Crippen LogP contribution in [0.2, 0.25) is 0 Å². The van der Waals surface area contributed by atoms with E-state index in [9.17, 15) is 14.0 Å². The summed E-state index contributed by atoms with van der Waals surface area (Å²) in [6, 6.07) is 13.1. The van der Waals surface area contributed by atoms with Gasteiger partial charge in [0.1, 0.15) is 5.82 Å². The molecular weight excluding hydrogens is 361 g/mol. The van der Waals surface area contributed by atoms with E-state index in [4.69, 9.17) is 4.74 Å². The number of nitrogens with one attached hydrogen (secondary N) is 2. The summed E-state index contributed by atoms with van der Waals surface area (Å²) in [7, 11) is 0. The first-order valence-electron chi connectivity index (χ1n) is 9.40. The van der Waals surface area contributed by atoms with Crippen LogP contribution >= 0.6 is 0 Å². The van der Waals surface area contributed by atoms with Crippen LogP contribution in [0.15, 0.2) is 48.5 Å². The molecular formula is C21H24FN3O3. The lowest BCUT2D eigenvalue weighted by Crippen LogP contribution is -2.42. The molecule has 0 spiro atoms. The van der Waals surface area contributed by atoms with Crippen molar-refractivity contribution in [2.75, 3.05) is 30.3 Å². The Labute approximate surface area is 163 Å². The lowest BCUT2D eigenvalue weighted by molar-refractivity contribution is 0.0981. The number of carbonyl (C=O) groups excluding carboxylic acids is 2. The maximum Gasteiger partial charge on any atom is 0.409 e. The third-order valence-corrected chi connectivity index (χ3v) is 4.64. The van der Waals surface area contributed by atoms with Gasteiger partial charge >= 0.3 is 6.09 Å². The molecule has 2 amide bonds. The molecule has 0 saturated carbocycles. The van der Waals surface area contributed by atoms with Crippen LogP contribution in [-0.2, 0) is 4.74 Å². The second-order valence-electron chi connectivity index (χ2n) is 6.64. The number of nitrogens with zero attached hydrogens (tertiary/aromatic N) is 1. The maximum atomic E-state index is 12.9. The highest BCUT2D eigenvalue weighted by molar-refractivity contribution is 6.04. The smallest absolute Gasteiger partial charge is 0.409 e. The van der Waals surface area contributed by atoms with Crippen molar-refractivity contribution in [2.24, 2.45) is 0 Å². The van der Waals surface area contributed by atoms with Crippen LogP contribution in [0, 0.1) is 5.82 Å². The van der Waals surface area contributed by atoms with E-state index in [1.165, 1.54) is 24.3 Å². The average molecular weight is 385 g/mol. The minimum Gasteiger partial charge on any atom is -0.450 e. The highest BCUT2D eigenvalue weighted by atomic mass is 19.1. The number of hydrogen-bond donors (Lipinski definition) is 2. The van der Waals surface area contributed by atoms with Crippen molar-refractivity contribution in [2.45, 2.75) is 25.8 Å². The van der Waals surface area contributed by atoms with E-state index in [2.05, 4.69) is 10.6 Å². The summed E-state index contributed by atoms with van der Waals surface area (Å²) in [5.74, 6) is -0.660. The van der Waals surface area contributed by atoms with Crippen molar-refractivity contribution in [3.63, 3.8) is 0 Å². The first-order valence-corrected chi connectivity index (χ1v) is 9.40. The molecule has 28 heavy (non-hydrogen) atoms. The minimum atomic E-state index is -0.375. The molecule has 0 bridgehead atoms. The second kappa shape index (κ2) is 9.21. The third kappa shape index (κ3) is 5.22. The second-order valence-corrected chi connectivity index (χ2v) is 6.64. The Bertz CT molecular complexity index is 801. The molecule has 1 aliphatic rings. The molecule has 2 aromatic rings. The normalized spacial score (nSPS) is 14.4. The van der Waals surface area contributed by atoms with Crippen LogP contribution < -0.4 is 10.6 Å². The number of likely N-dealkylation sites (tertiary alicyclic amines) is 1. The summed E-state index contributed by atoms with van der Waals surface area (Å²) in [6.45, 7) is 3.53. The first kappa shape index (κ1) is 19.7. The molecule has 1 fully saturated rings. The van der Waals surface area contributed by atoms with Gasteiger partial charge in [0, 0.05) is 36.1 Å². The Kier molecular flexibility index (Phi) is 6.47. The van der Waals surface area contributed by atoms with Gasteiger partial charge in [-0.1, -0.05) is 0 Å². The van der Waals surface area contributed by atoms with Crippen LogP contribution in [0.5, 0.6) is 0 Å². The van der Waals surface area contributed by atoms with Crippen molar-refractivity contribution < 1.29 is 18.7 Å². The number of amides is 2. The predicted molar refractivity (Wildman–Crippen MR) is 106 cm³/mol. The SMILES string of the molecule is CCOC(=O)N1CCC(Nc2ccc(NC(=O)c3ccc(F)cc3)cc2)CC1. The molecule has 0 aromatic heterocycles. The molecule has 1 saturated heterocycles. The summed E-state index contributed by atoms with van der Waals surface area (Å²) >= 11 is 0. The van der Waals surface area contributed by atoms with Crippen molar-refractivity contribution in [3.8, 4) is 0 Å². The largest absolute Gasteiger partial charge is 0.450 e. The first-order chi connectivity index (χ1) is 13.5. The monoisotopic (exact) mass is 385 g/mol. The fourth-order valence-electron chi connectivity index (χ4n) is 3.11. The number of benzene rings is 2. The zero-order chi connectivity index (χ0) is 19.9. The van der Waals surface area contributed by atoms with E-state index in [1.807, 2.05) is 24.3 Å². The molecule has 3 rings (SSSR count). The molecule has 1 heterocycles. The number of halogens is 1. The van der Waals surface area contributed by atoms with Crippen LogP contribution in [0.25, 0.3) is 0 Å². The summed E-state index contributed by atoms with van der Waals surface area (Å²) in [6.07, 6.45) is 1.45. The summed E-state index contributed by atoms with van der Waals surface area (Å²) in [5, 5.41) is 6.25. The van der Waals surface area contributed by atoms with Gasteiger partial charge in [0.15, 0.2) is 0 Å². The molecule has 148 valence electrons. The molecule has 0 aliphatic carbocycles. The lowest BCUT2D eigenvalue weighted by atomic mass is 10.0. The Morgan fingerprint density at radius 2 is 1.64 bits per heavy atom. The molecule has 2 N–H and O–H groups in total. The number of piperidine rings is 1. The van der Waals surface area contributed by atoms with Gasteiger partial charge in [-0.15, -0.1) is 0 Å². The highest BCUT2D eigenvalue weighted by Gasteiger charge is 2.23. The average Bonchev–Trinajstić information content (AvgIpc) is 2.70. The van der Waals surface area contributed by atoms with Gasteiger partial charge < -0.3 is 20.3 Å². The molecule has 0 unspecified atom stereocenters. The zero-order valence-corrected chi connectivity index (χ0v) is 15.8. The van der Waals surface area contributed by atoms with E-state index in [-0.39, 0.29) is 23.9 Å². The predicted octanol–water partition coefficient (Wildman–Crippen LogP) is 4.11. The quantitative estimate of drug-likeness (QED) is 0.813. The summed E-state index contributed by atoms with van der Waals surface area (Å²) in [4.78, 5) is 25.6. The van der Waals surface area contributed by atoms with Crippen molar-refractivity contribution in [1.29, 1.82) is 0 Å². The topological polar surface area (TPSA) is 70.7 Å². The van der Waals surface area contributed by atoms with E-state index in [0.717, 1.165) is 18.5 Å². The number of carbonyl (C=O) groups is 2. The van der Waals surface area contributed by atoms with Crippen LogP contribution in [0.1, 0.15) is 30.1 Å². The summed E-state index contributed by atoms with van der Waals surface area (Å²) in [5.41, 5.74) is 2.02. The molecule has 0 radical (unpaired) electrons. The molecule has 0 atom stereocenters. The molecule has 6 nitrogen and oxygen atoms in total. The Balaban J connectivity index is 1.49. The Hall–Kier alpha value is -3.09. The molecule has 1 aliphatic heterocycles. The van der Waals surface area contributed by atoms with Gasteiger partial charge in [0.25, 0.3) is 5.91 Å². The van der Waals surface area contributed by atoms with Gasteiger partial charge in [0.05, 0.1) is 6.61 Å². The van der Waals surface area contributed by atoms with Gasteiger partial charge in [-0.25, -0.2) is 9.18 Å². The van der Waals surface area contributed by atoms with Gasteiger partial charge in [-0.3, -0.25) is 4.79 Å². The number of rotatable bonds is 5. The van der Waals surface area contributed by atoms with Crippen LogP contribution in [0.4, 0.5) is 20.6 Å². The Morgan fingerprint density at radius 1 is 1.04 bits per heavy atom. The van der Waals surface area contributed by atoms with Crippen molar-refractivity contribution in [1.82, 2.24) is 4.90 Å². The number of hydrogen-bond acceptors (Lipinski definition) is 4. The van der Waals surface area contributed by atoms with Gasteiger partial charge in [0.2, 0.25) is 0 Å². The van der Waals surface area contributed by atoms with Gasteiger partial charge in [-0.2, -0.15) is 0 Å². The third-order valence-electron chi connectivity index (χ3n) is 4.64. The van der Waals surface area contributed by atoms with Gasteiger partial charge in [-0.05, 0) is 68.3 Å². The van der Waals surface area contributed by atoms with E-state index < -0.39 is 0 Å². The fraction of sp³-hybridized carbons (Fsp3) is 0.333. The maximum absolute atomic E-state index is 12.9.